The minimum Gasteiger partial charge on any atom is -0.462 e. The number of aliphatic hydroxyl groups excluding tert-OH is 1. The molecule has 0 spiro atoms. The minimum absolute atomic E-state index is 0.312. The summed E-state index contributed by atoms with van der Waals surface area (Å²) in [5.41, 5.74) is -0.312. The van der Waals surface area contributed by atoms with Gasteiger partial charge in [0.25, 0.3) is 6.29 Å². The topological polar surface area (TPSA) is 72.6 Å². The van der Waals surface area contributed by atoms with Crippen LogP contribution in [0.2, 0.25) is 0 Å². The summed E-state index contributed by atoms with van der Waals surface area (Å²) in [6.07, 6.45) is 1.20. The van der Waals surface area contributed by atoms with Gasteiger partial charge in [-0.15, -0.1) is 0 Å². The number of allylic oxidation sites excluding steroid dienone is 2. The van der Waals surface area contributed by atoms with Gasteiger partial charge < -0.3 is 9.84 Å². The molecule has 1 atom stereocenters. The zero-order valence-corrected chi connectivity index (χ0v) is 7.39. The highest BCUT2D eigenvalue weighted by Gasteiger charge is 2.28. The average Bonchev–Trinajstić information content (AvgIpc) is 1.85. The van der Waals surface area contributed by atoms with Crippen molar-refractivity contribution in [1.82, 2.24) is 0 Å². The van der Waals surface area contributed by atoms with Gasteiger partial charge in [-0.05, 0) is 28.7 Å². The Labute approximate surface area is 75.6 Å². The van der Waals surface area contributed by atoms with E-state index >= 15 is 0 Å². The molecule has 0 aromatic rings. The molecule has 1 aliphatic heterocycles. The molecular weight excluding hydrogens is 265 g/mol. The highest BCUT2D eigenvalue weighted by molar-refractivity contribution is 14.1. The number of rotatable bonds is 1. The predicted octanol–water partition coefficient (Wildman–Crippen LogP) is 0.772. The highest BCUT2D eigenvalue weighted by atomic mass is 127. The number of nitro groups is 1. The highest BCUT2D eigenvalue weighted by Crippen LogP contribution is 2.22. The van der Waals surface area contributed by atoms with Crippen molar-refractivity contribution in [1.29, 1.82) is 0 Å². The number of nitrogens with zero attached hydrogens (tertiary/aromatic N) is 1. The second-order valence-electron chi connectivity index (χ2n) is 1.78. The van der Waals surface area contributed by atoms with Crippen LogP contribution in [0.3, 0.4) is 0 Å². The normalized spacial score (nSPS) is 23.3. The van der Waals surface area contributed by atoms with E-state index in [1.807, 2.05) is 0 Å². The first-order valence-electron chi connectivity index (χ1n) is 2.67. The second-order valence-corrected chi connectivity index (χ2v) is 2.94. The van der Waals surface area contributed by atoms with Crippen molar-refractivity contribution in [2.45, 2.75) is 6.29 Å². The third-order valence-electron chi connectivity index (χ3n) is 1.10. The van der Waals surface area contributed by atoms with Gasteiger partial charge in [0.15, 0.2) is 0 Å². The van der Waals surface area contributed by atoms with E-state index in [2.05, 4.69) is 4.74 Å². The molecule has 1 rings (SSSR count). The SMILES string of the molecule is O=[N+]([O-])C1=C(I)C=COC1O. The lowest BCUT2D eigenvalue weighted by Gasteiger charge is -2.11. The van der Waals surface area contributed by atoms with Gasteiger partial charge in [-0.2, -0.15) is 0 Å². The summed E-state index contributed by atoms with van der Waals surface area (Å²) in [6.45, 7) is 0. The number of halogens is 1. The Bertz CT molecular complexity index is 247. The van der Waals surface area contributed by atoms with Crippen LogP contribution in [0, 0.1) is 10.1 Å². The fourth-order valence-electron chi connectivity index (χ4n) is 0.619. The van der Waals surface area contributed by atoms with Crippen LogP contribution in [0.1, 0.15) is 0 Å². The summed E-state index contributed by atoms with van der Waals surface area (Å²) < 4.78 is 4.87. The standard InChI is InChI=1S/C5H4INO4/c6-3-1-2-11-5(8)4(3)7(9)10/h1-2,5,8H. The number of hydrogen-bond donors (Lipinski definition) is 1. The molecule has 1 heterocycles. The predicted molar refractivity (Wildman–Crippen MR) is 44.3 cm³/mol. The Morgan fingerprint density at radius 1 is 1.82 bits per heavy atom. The molecule has 0 fully saturated rings. The fourth-order valence-corrected chi connectivity index (χ4v) is 1.23. The molecule has 0 aromatic carbocycles. The maximum atomic E-state index is 10.2. The molecule has 60 valence electrons. The largest absolute Gasteiger partial charge is 0.462 e. The number of aliphatic hydroxyl groups is 1. The van der Waals surface area contributed by atoms with E-state index in [9.17, 15) is 10.1 Å². The van der Waals surface area contributed by atoms with Gasteiger partial charge in [0.1, 0.15) is 0 Å². The van der Waals surface area contributed by atoms with Crippen LogP contribution in [0.25, 0.3) is 0 Å². The summed E-state index contributed by atoms with van der Waals surface area (Å²) in [4.78, 5) is 9.59. The van der Waals surface area contributed by atoms with E-state index in [0.717, 1.165) is 0 Å². The van der Waals surface area contributed by atoms with Crippen molar-refractivity contribution in [3.05, 3.63) is 31.7 Å². The van der Waals surface area contributed by atoms with Crippen LogP contribution in [0.15, 0.2) is 21.6 Å². The molecule has 0 bridgehead atoms. The van der Waals surface area contributed by atoms with Crippen molar-refractivity contribution in [2.75, 3.05) is 0 Å². The molecule has 0 aromatic heterocycles. The molecule has 0 aliphatic carbocycles. The first kappa shape index (κ1) is 8.47. The average molecular weight is 269 g/mol. The van der Waals surface area contributed by atoms with Gasteiger partial charge in [0.2, 0.25) is 0 Å². The molecule has 0 saturated carbocycles. The zero-order valence-electron chi connectivity index (χ0n) is 5.23. The Morgan fingerprint density at radius 2 is 2.45 bits per heavy atom. The maximum absolute atomic E-state index is 10.2. The second kappa shape index (κ2) is 3.18. The van der Waals surface area contributed by atoms with E-state index in [0.29, 0.717) is 3.58 Å². The van der Waals surface area contributed by atoms with Crippen molar-refractivity contribution >= 4 is 22.6 Å². The quantitative estimate of drug-likeness (QED) is 0.433. The van der Waals surface area contributed by atoms with Crippen LogP contribution in [-0.4, -0.2) is 16.3 Å². The van der Waals surface area contributed by atoms with Crippen LogP contribution in [0.4, 0.5) is 0 Å². The van der Waals surface area contributed by atoms with Crippen molar-refractivity contribution in [2.24, 2.45) is 0 Å². The molecule has 11 heavy (non-hydrogen) atoms. The molecular formula is C5H4INO4. The fraction of sp³-hybridized carbons (Fsp3) is 0.200. The van der Waals surface area contributed by atoms with Gasteiger partial charge in [-0.1, -0.05) is 0 Å². The monoisotopic (exact) mass is 269 g/mol. The Kier molecular flexibility index (Phi) is 2.45. The lowest BCUT2D eigenvalue weighted by Crippen LogP contribution is -2.21. The number of hydrogen-bond acceptors (Lipinski definition) is 4. The molecule has 1 aliphatic rings. The van der Waals surface area contributed by atoms with Gasteiger partial charge >= 0.3 is 5.70 Å². The molecule has 5 nitrogen and oxygen atoms in total. The van der Waals surface area contributed by atoms with Gasteiger partial charge in [0.05, 0.1) is 14.8 Å². The molecule has 0 radical (unpaired) electrons. The summed E-state index contributed by atoms with van der Waals surface area (Å²) in [7, 11) is 0. The smallest absolute Gasteiger partial charge is 0.327 e. The first-order valence-corrected chi connectivity index (χ1v) is 3.75. The van der Waals surface area contributed by atoms with Crippen molar-refractivity contribution in [3.63, 3.8) is 0 Å². The molecule has 0 amide bonds. The Hall–Kier alpha value is -0.630. The van der Waals surface area contributed by atoms with Crippen molar-refractivity contribution < 1.29 is 14.8 Å². The maximum Gasteiger partial charge on any atom is 0.327 e. The summed E-state index contributed by atoms with van der Waals surface area (Å²) in [5, 5.41) is 19.2. The lowest BCUT2D eigenvalue weighted by atomic mass is 10.3. The van der Waals surface area contributed by atoms with E-state index in [1.165, 1.54) is 12.3 Å². The van der Waals surface area contributed by atoms with E-state index in [-0.39, 0.29) is 5.70 Å². The van der Waals surface area contributed by atoms with Crippen LogP contribution < -0.4 is 0 Å². The van der Waals surface area contributed by atoms with Gasteiger partial charge in [0, 0.05) is 0 Å². The minimum atomic E-state index is -1.44. The Balaban J connectivity index is 3.01. The summed E-state index contributed by atoms with van der Waals surface area (Å²) in [5.74, 6) is 0. The van der Waals surface area contributed by atoms with Crippen LogP contribution in [0.5, 0.6) is 0 Å². The van der Waals surface area contributed by atoms with Gasteiger partial charge in [-0.3, -0.25) is 10.1 Å². The molecule has 1 N–H and O–H groups in total. The van der Waals surface area contributed by atoms with Gasteiger partial charge in [-0.25, -0.2) is 0 Å². The summed E-state index contributed by atoms with van der Waals surface area (Å²) >= 11 is 1.76. The van der Waals surface area contributed by atoms with E-state index in [1.54, 1.807) is 22.6 Å². The third-order valence-corrected chi connectivity index (χ3v) is 2.01. The van der Waals surface area contributed by atoms with E-state index in [4.69, 9.17) is 5.11 Å². The van der Waals surface area contributed by atoms with E-state index < -0.39 is 11.2 Å². The van der Waals surface area contributed by atoms with Crippen LogP contribution >= 0.6 is 22.6 Å². The first-order chi connectivity index (χ1) is 5.13. The molecule has 0 saturated heterocycles. The lowest BCUT2D eigenvalue weighted by molar-refractivity contribution is -0.446. The number of ether oxygens (including phenoxy) is 1. The van der Waals surface area contributed by atoms with Crippen molar-refractivity contribution in [3.8, 4) is 0 Å². The Morgan fingerprint density at radius 3 is 2.82 bits per heavy atom. The summed E-state index contributed by atoms with van der Waals surface area (Å²) in [6, 6.07) is 0. The van der Waals surface area contributed by atoms with Crippen LogP contribution in [-0.2, 0) is 4.74 Å². The zero-order chi connectivity index (χ0) is 8.43. The molecule has 1 unspecified atom stereocenters. The third kappa shape index (κ3) is 1.69. The molecule has 6 heteroatoms.